The van der Waals surface area contributed by atoms with E-state index in [4.69, 9.17) is 23.3 Å². The van der Waals surface area contributed by atoms with Gasteiger partial charge in [-0.2, -0.15) is 0 Å². The van der Waals surface area contributed by atoms with Crippen molar-refractivity contribution in [2.45, 2.75) is 93.5 Å². The van der Waals surface area contributed by atoms with E-state index in [1.165, 1.54) is 13.8 Å². The van der Waals surface area contributed by atoms with Gasteiger partial charge in [0.15, 0.2) is 0 Å². The van der Waals surface area contributed by atoms with Crippen LogP contribution >= 0.6 is 7.60 Å². The lowest BCUT2D eigenvalue weighted by Gasteiger charge is -2.29. The molecule has 1 amide bonds. The zero-order valence-electron chi connectivity index (χ0n) is 31.9. The molecule has 288 valence electrons. The minimum absolute atomic E-state index is 0.0121. The fraction of sp³-hybridized carbons (Fsp3) is 0.450. The first-order valence-electron chi connectivity index (χ1n) is 17.6. The molecule has 3 aromatic carbocycles. The maximum absolute atomic E-state index is 14.3. The summed E-state index contributed by atoms with van der Waals surface area (Å²) >= 11 is 0. The van der Waals surface area contributed by atoms with Crippen LogP contribution in [0.2, 0.25) is 0 Å². The van der Waals surface area contributed by atoms with Gasteiger partial charge in [-0.25, -0.2) is 0 Å². The first kappa shape index (κ1) is 43.1. The van der Waals surface area contributed by atoms with Crippen molar-refractivity contribution in [2.24, 2.45) is 10.8 Å². The van der Waals surface area contributed by atoms with E-state index in [0.717, 1.165) is 22.3 Å². The molecule has 0 heterocycles. The van der Waals surface area contributed by atoms with E-state index in [0.29, 0.717) is 0 Å². The van der Waals surface area contributed by atoms with Crippen LogP contribution in [-0.2, 0) is 60.0 Å². The Kier molecular flexibility index (Phi) is 16.0. The van der Waals surface area contributed by atoms with Crippen LogP contribution in [0.1, 0.15) is 72.9 Å². The monoisotopic (exact) mass is 752 g/mol. The van der Waals surface area contributed by atoms with E-state index < -0.39 is 67.1 Å². The molecule has 3 unspecified atom stereocenters. The Labute approximate surface area is 312 Å². The smallest absolute Gasteiger partial charge is 0.350 e. The molecule has 0 bridgehead atoms. The Morgan fingerprint density at radius 3 is 1.68 bits per heavy atom. The van der Waals surface area contributed by atoms with Crippen molar-refractivity contribution in [3.8, 4) is 11.1 Å². The van der Waals surface area contributed by atoms with Gasteiger partial charge < -0.3 is 19.5 Å². The molecule has 0 spiro atoms. The Bertz CT molecular complexity index is 1650. The number of amides is 1. The average molecular weight is 753 g/mol. The highest BCUT2D eigenvalue weighted by molar-refractivity contribution is 7.53. The summed E-state index contributed by atoms with van der Waals surface area (Å²) in [5.74, 6) is -2.18. The molecular formula is C40H53N2O10P. The van der Waals surface area contributed by atoms with Gasteiger partial charge in [0.05, 0.1) is 29.6 Å². The number of esters is 3. The van der Waals surface area contributed by atoms with Crippen molar-refractivity contribution in [1.82, 2.24) is 10.6 Å². The second-order valence-corrected chi connectivity index (χ2v) is 16.6. The molecule has 0 radical (unpaired) electrons. The van der Waals surface area contributed by atoms with Crippen LogP contribution < -0.4 is 10.6 Å². The van der Waals surface area contributed by atoms with Crippen molar-refractivity contribution < 1.29 is 47.0 Å². The number of benzene rings is 3. The van der Waals surface area contributed by atoms with Gasteiger partial charge in [0.1, 0.15) is 6.61 Å². The van der Waals surface area contributed by atoms with Crippen molar-refractivity contribution in [1.29, 1.82) is 0 Å². The molecule has 0 aliphatic heterocycles. The molecule has 13 heteroatoms. The highest BCUT2D eigenvalue weighted by Gasteiger charge is 2.36. The van der Waals surface area contributed by atoms with Crippen LogP contribution in [0, 0.1) is 10.8 Å². The van der Waals surface area contributed by atoms with E-state index in [2.05, 4.69) is 10.6 Å². The van der Waals surface area contributed by atoms with Crippen molar-refractivity contribution in [3.63, 3.8) is 0 Å². The molecule has 2 N–H and O–H groups in total. The molecule has 0 saturated carbocycles. The molecule has 0 aromatic heterocycles. The lowest BCUT2D eigenvalue weighted by molar-refractivity contribution is -0.177. The highest BCUT2D eigenvalue weighted by atomic mass is 31.2. The SMILES string of the molecule is CC(OC(=O)C(C)(C)C)OP(=O)(CNC(Cc1ccc(-c2ccccc2)cc1)C(=O)NCCC(=O)OCc1ccccc1)OC(C)OC(=O)C(C)(C)C. The molecule has 53 heavy (non-hydrogen) atoms. The number of hydrogen-bond donors (Lipinski definition) is 2. The zero-order chi connectivity index (χ0) is 39.2. The largest absolute Gasteiger partial charge is 0.461 e. The first-order valence-corrected chi connectivity index (χ1v) is 19.3. The van der Waals surface area contributed by atoms with Gasteiger partial charge in [-0.15, -0.1) is 0 Å². The van der Waals surface area contributed by atoms with E-state index in [9.17, 15) is 23.7 Å². The Morgan fingerprint density at radius 1 is 0.679 bits per heavy atom. The summed E-state index contributed by atoms with van der Waals surface area (Å²) in [7, 11) is -4.29. The lowest BCUT2D eigenvalue weighted by atomic mass is 9.97. The second kappa shape index (κ2) is 19.6. The second-order valence-electron chi connectivity index (χ2n) is 14.6. The van der Waals surface area contributed by atoms with Crippen LogP contribution in [-0.4, -0.2) is 55.3 Å². The molecule has 3 rings (SSSR count). The molecule has 0 aliphatic rings. The van der Waals surface area contributed by atoms with Crippen LogP contribution in [0.4, 0.5) is 0 Å². The van der Waals surface area contributed by atoms with Crippen molar-refractivity contribution >= 4 is 31.4 Å². The summed E-state index contributed by atoms with van der Waals surface area (Å²) in [6.45, 7) is 12.8. The predicted molar refractivity (Wildman–Crippen MR) is 201 cm³/mol. The van der Waals surface area contributed by atoms with E-state index >= 15 is 0 Å². The summed E-state index contributed by atoms with van der Waals surface area (Å²) in [4.78, 5) is 51.2. The van der Waals surface area contributed by atoms with Gasteiger partial charge in [0.25, 0.3) is 0 Å². The standard InChI is InChI=1S/C40H53N2O10P/c1-28(49-37(45)39(3,4)5)51-53(47,52-29(2)50-38(46)40(6,7)8)27-42-34(25-30-19-21-33(22-20-30)32-17-13-10-14-18-32)36(44)41-24-23-35(43)48-26-31-15-11-9-12-16-31/h9-22,28-29,34,42H,23-27H2,1-8H3,(H,41,44). The summed E-state index contributed by atoms with van der Waals surface area (Å²) in [5.41, 5.74) is 1.90. The summed E-state index contributed by atoms with van der Waals surface area (Å²) in [6.07, 6.45) is -3.09. The number of rotatable bonds is 18. The Morgan fingerprint density at radius 2 is 1.17 bits per heavy atom. The third kappa shape index (κ3) is 15.3. The van der Waals surface area contributed by atoms with Gasteiger partial charge in [0, 0.05) is 6.54 Å². The third-order valence-corrected chi connectivity index (χ3v) is 9.41. The topological polar surface area (TPSA) is 156 Å². The minimum Gasteiger partial charge on any atom is -0.461 e. The van der Waals surface area contributed by atoms with Crippen LogP contribution in [0.15, 0.2) is 84.9 Å². The number of ether oxygens (including phenoxy) is 3. The van der Waals surface area contributed by atoms with Gasteiger partial charge in [-0.1, -0.05) is 84.9 Å². The Hall–Kier alpha value is -4.35. The average Bonchev–Trinajstić information content (AvgIpc) is 3.09. The molecule has 12 nitrogen and oxygen atoms in total. The van der Waals surface area contributed by atoms with Gasteiger partial charge in [-0.05, 0) is 84.1 Å². The number of hydrogen-bond acceptors (Lipinski definition) is 11. The highest BCUT2D eigenvalue weighted by Crippen LogP contribution is 2.50. The minimum atomic E-state index is -4.29. The van der Waals surface area contributed by atoms with E-state index in [1.807, 2.05) is 84.9 Å². The van der Waals surface area contributed by atoms with E-state index in [1.54, 1.807) is 41.5 Å². The Balaban J connectivity index is 1.78. The molecule has 3 aromatic rings. The molecule has 3 atom stereocenters. The molecule has 0 aliphatic carbocycles. The van der Waals surface area contributed by atoms with Gasteiger partial charge >= 0.3 is 25.5 Å². The van der Waals surface area contributed by atoms with E-state index in [-0.39, 0.29) is 26.0 Å². The quantitative estimate of drug-likeness (QED) is 0.0589. The predicted octanol–water partition coefficient (Wildman–Crippen LogP) is 7.16. The van der Waals surface area contributed by atoms with Crippen LogP contribution in [0.25, 0.3) is 11.1 Å². The molecule has 0 fully saturated rings. The fourth-order valence-electron chi connectivity index (χ4n) is 4.65. The van der Waals surface area contributed by atoms with Gasteiger partial charge in [0.2, 0.25) is 18.5 Å². The molecule has 0 saturated heterocycles. The lowest BCUT2D eigenvalue weighted by Crippen LogP contribution is -2.46. The summed E-state index contributed by atoms with van der Waals surface area (Å²) in [6, 6.07) is 25.7. The van der Waals surface area contributed by atoms with Crippen LogP contribution in [0.5, 0.6) is 0 Å². The number of carbonyl (C=O) groups excluding carboxylic acids is 4. The fourth-order valence-corrected chi connectivity index (χ4v) is 6.28. The van der Waals surface area contributed by atoms with Crippen molar-refractivity contribution in [2.75, 3.05) is 12.8 Å². The summed E-state index contributed by atoms with van der Waals surface area (Å²) < 4.78 is 41.8. The normalized spacial score (nSPS) is 14.6. The third-order valence-electron chi connectivity index (χ3n) is 7.61. The van der Waals surface area contributed by atoms with Crippen LogP contribution in [0.3, 0.4) is 0 Å². The maximum Gasteiger partial charge on any atom is 0.350 e. The molecular weight excluding hydrogens is 699 g/mol. The maximum atomic E-state index is 14.3. The number of carbonyl (C=O) groups is 4. The number of nitrogens with one attached hydrogen (secondary N) is 2. The first-order chi connectivity index (χ1) is 24.8. The van der Waals surface area contributed by atoms with Crippen molar-refractivity contribution in [3.05, 3.63) is 96.1 Å². The zero-order valence-corrected chi connectivity index (χ0v) is 32.8. The van der Waals surface area contributed by atoms with Gasteiger partial charge in [-0.3, -0.25) is 38.1 Å². The summed E-state index contributed by atoms with van der Waals surface area (Å²) in [5, 5.41) is 5.76.